The number of ether oxygens (including phenoxy) is 1. The Kier molecular flexibility index (Phi) is 4.87. The quantitative estimate of drug-likeness (QED) is 0.416. The van der Waals surface area contributed by atoms with Crippen LogP contribution >= 0.6 is 0 Å². The summed E-state index contributed by atoms with van der Waals surface area (Å²) in [5, 5.41) is 0. The Labute approximate surface area is 89.1 Å². The molecule has 0 heterocycles. The molecule has 0 bridgehead atoms. The van der Waals surface area contributed by atoms with Crippen molar-refractivity contribution in [3.8, 4) is 0 Å². The smallest absolute Gasteiger partial charge is 0.327 e. The topological polar surface area (TPSA) is 38.7 Å². The van der Waals surface area contributed by atoms with Gasteiger partial charge in [-0.3, -0.25) is 9.79 Å². The molecule has 0 saturated heterocycles. The van der Waals surface area contributed by atoms with Gasteiger partial charge in [-0.1, -0.05) is 43.0 Å². The van der Waals surface area contributed by atoms with E-state index in [9.17, 15) is 4.79 Å². The Hall–Kier alpha value is -1.90. The van der Waals surface area contributed by atoms with Gasteiger partial charge in [-0.15, -0.1) is 0 Å². The predicted molar refractivity (Wildman–Crippen MR) is 60.1 cm³/mol. The molecule has 0 aliphatic carbocycles. The maximum absolute atomic E-state index is 11.0. The van der Waals surface area contributed by atoms with Crippen LogP contribution in [0.5, 0.6) is 0 Å². The molecule has 0 saturated carbocycles. The second-order valence-corrected chi connectivity index (χ2v) is 2.85. The van der Waals surface area contributed by atoms with E-state index in [1.165, 1.54) is 6.08 Å². The minimum absolute atomic E-state index is 0.0444. The lowest BCUT2D eigenvalue weighted by atomic mass is 10.2. The van der Waals surface area contributed by atoms with E-state index in [2.05, 4.69) is 11.6 Å². The third kappa shape index (κ3) is 4.76. The average molecular weight is 203 g/mol. The predicted octanol–water partition coefficient (Wildman–Crippen LogP) is 1.83. The number of esters is 1. The van der Waals surface area contributed by atoms with Crippen LogP contribution in [-0.4, -0.2) is 25.3 Å². The third-order valence-corrected chi connectivity index (χ3v) is 1.62. The molecular formula is C12H13NO2. The minimum atomic E-state index is -0.345. The number of carbonyl (C=O) groups is 1. The molecule has 0 N–H and O–H groups in total. The van der Waals surface area contributed by atoms with Crippen molar-refractivity contribution in [3.05, 3.63) is 48.6 Å². The largest absolute Gasteiger partial charge is 0.460 e. The van der Waals surface area contributed by atoms with Crippen molar-refractivity contribution in [1.82, 2.24) is 0 Å². The van der Waals surface area contributed by atoms with Gasteiger partial charge in [-0.25, -0.2) is 0 Å². The first-order chi connectivity index (χ1) is 7.33. The summed E-state index contributed by atoms with van der Waals surface area (Å²) in [6, 6.07) is 9.58. The molecule has 78 valence electrons. The summed E-state index contributed by atoms with van der Waals surface area (Å²) in [5.74, 6) is -0.345. The molecule has 0 aliphatic heterocycles. The maximum atomic E-state index is 11.0. The molecule has 15 heavy (non-hydrogen) atoms. The minimum Gasteiger partial charge on any atom is -0.460 e. The van der Waals surface area contributed by atoms with Gasteiger partial charge in [0.2, 0.25) is 0 Å². The first kappa shape index (κ1) is 11.2. The fourth-order valence-corrected chi connectivity index (χ4v) is 0.962. The van der Waals surface area contributed by atoms with Gasteiger partial charge >= 0.3 is 5.97 Å². The van der Waals surface area contributed by atoms with E-state index in [1.807, 2.05) is 30.3 Å². The van der Waals surface area contributed by atoms with Crippen LogP contribution in [0.2, 0.25) is 0 Å². The van der Waals surface area contributed by atoms with Gasteiger partial charge < -0.3 is 4.74 Å². The van der Waals surface area contributed by atoms with Crippen molar-refractivity contribution in [1.29, 1.82) is 0 Å². The summed E-state index contributed by atoms with van der Waals surface area (Å²) < 4.78 is 4.76. The molecule has 0 atom stereocenters. The van der Waals surface area contributed by atoms with Crippen LogP contribution in [0.15, 0.2) is 48.0 Å². The van der Waals surface area contributed by atoms with Crippen molar-refractivity contribution in [3.63, 3.8) is 0 Å². The fourth-order valence-electron chi connectivity index (χ4n) is 0.962. The van der Waals surface area contributed by atoms with Crippen molar-refractivity contribution in [2.24, 2.45) is 4.99 Å². The monoisotopic (exact) mass is 203 g/mol. The highest BCUT2D eigenvalue weighted by molar-refractivity contribution is 5.82. The second kappa shape index (κ2) is 6.54. The molecule has 3 nitrogen and oxygen atoms in total. The first-order valence-corrected chi connectivity index (χ1v) is 4.64. The molecule has 1 aromatic carbocycles. The zero-order chi connectivity index (χ0) is 10.9. The summed E-state index contributed by atoms with van der Waals surface area (Å²) in [4.78, 5) is 15.0. The molecule has 0 fully saturated rings. The molecule has 0 aromatic heterocycles. The number of aliphatic imine (C=N–C) groups is 1. The Balaban J connectivity index is 2.33. The molecule has 0 aliphatic rings. The number of carbonyl (C=O) groups excluding carboxylic acids is 1. The summed E-state index contributed by atoms with van der Waals surface area (Å²) in [6.07, 6.45) is 3.17. The molecule has 0 radical (unpaired) electrons. The van der Waals surface area contributed by atoms with Gasteiger partial charge in [0, 0.05) is 6.21 Å². The lowest BCUT2D eigenvalue weighted by molar-refractivity contribution is -0.140. The van der Waals surface area contributed by atoms with Crippen molar-refractivity contribution in [2.75, 3.05) is 13.2 Å². The standard InChI is InChI=1S/C12H13NO2/c1-2-8-15-12(14)10-13-9-11-6-4-3-5-7-11/h2-7,9H,1,8,10H2/b13-9+. The van der Waals surface area contributed by atoms with E-state index >= 15 is 0 Å². The Morgan fingerprint density at radius 1 is 1.40 bits per heavy atom. The molecule has 0 unspecified atom stereocenters. The highest BCUT2D eigenvalue weighted by Crippen LogP contribution is 1.93. The average Bonchev–Trinajstić information content (AvgIpc) is 2.28. The Morgan fingerprint density at radius 3 is 2.80 bits per heavy atom. The van der Waals surface area contributed by atoms with Crippen molar-refractivity contribution >= 4 is 12.2 Å². The Morgan fingerprint density at radius 2 is 2.13 bits per heavy atom. The van der Waals surface area contributed by atoms with Gasteiger partial charge in [-0.2, -0.15) is 0 Å². The SMILES string of the molecule is C=CCOC(=O)C/N=C/c1ccccc1. The third-order valence-electron chi connectivity index (χ3n) is 1.62. The lowest BCUT2D eigenvalue weighted by Crippen LogP contribution is -2.08. The van der Waals surface area contributed by atoms with Gasteiger partial charge in [-0.05, 0) is 5.56 Å². The zero-order valence-electron chi connectivity index (χ0n) is 8.43. The zero-order valence-corrected chi connectivity index (χ0v) is 8.43. The van der Waals surface area contributed by atoms with Crippen LogP contribution in [0.1, 0.15) is 5.56 Å². The number of hydrogen-bond acceptors (Lipinski definition) is 3. The van der Waals surface area contributed by atoms with E-state index in [4.69, 9.17) is 4.74 Å². The highest BCUT2D eigenvalue weighted by atomic mass is 16.5. The van der Waals surface area contributed by atoms with Crippen LogP contribution in [-0.2, 0) is 9.53 Å². The summed E-state index contributed by atoms with van der Waals surface area (Å²) >= 11 is 0. The summed E-state index contributed by atoms with van der Waals surface area (Å²) in [6.45, 7) is 3.73. The van der Waals surface area contributed by atoms with Crippen LogP contribution in [0.4, 0.5) is 0 Å². The molecule has 1 aromatic rings. The van der Waals surface area contributed by atoms with E-state index in [-0.39, 0.29) is 19.1 Å². The Bertz CT molecular complexity index is 344. The van der Waals surface area contributed by atoms with Crippen molar-refractivity contribution in [2.45, 2.75) is 0 Å². The number of rotatable bonds is 5. The first-order valence-electron chi connectivity index (χ1n) is 4.64. The summed E-state index contributed by atoms with van der Waals surface area (Å²) in [5.41, 5.74) is 0.967. The highest BCUT2D eigenvalue weighted by Gasteiger charge is 1.97. The van der Waals surface area contributed by atoms with Crippen LogP contribution in [0.25, 0.3) is 0 Å². The van der Waals surface area contributed by atoms with Crippen molar-refractivity contribution < 1.29 is 9.53 Å². The van der Waals surface area contributed by atoms with E-state index in [0.29, 0.717) is 0 Å². The lowest BCUT2D eigenvalue weighted by Gasteiger charge is -1.97. The molecule has 0 amide bonds. The van der Waals surface area contributed by atoms with Crippen LogP contribution in [0, 0.1) is 0 Å². The summed E-state index contributed by atoms with van der Waals surface area (Å²) in [7, 11) is 0. The van der Waals surface area contributed by atoms with Crippen LogP contribution < -0.4 is 0 Å². The van der Waals surface area contributed by atoms with Gasteiger partial charge in [0.15, 0.2) is 0 Å². The van der Waals surface area contributed by atoms with E-state index in [1.54, 1.807) is 6.21 Å². The van der Waals surface area contributed by atoms with Gasteiger partial charge in [0.1, 0.15) is 13.2 Å². The number of hydrogen-bond donors (Lipinski definition) is 0. The fraction of sp³-hybridized carbons (Fsp3) is 0.167. The number of benzene rings is 1. The van der Waals surface area contributed by atoms with Crippen LogP contribution in [0.3, 0.4) is 0 Å². The normalized spacial score (nSPS) is 10.1. The molecular weight excluding hydrogens is 190 g/mol. The van der Waals surface area contributed by atoms with Gasteiger partial charge in [0.05, 0.1) is 0 Å². The van der Waals surface area contributed by atoms with E-state index in [0.717, 1.165) is 5.56 Å². The molecule has 3 heteroatoms. The second-order valence-electron chi connectivity index (χ2n) is 2.85. The van der Waals surface area contributed by atoms with E-state index < -0.39 is 0 Å². The maximum Gasteiger partial charge on any atom is 0.327 e. The molecule has 1 rings (SSSR count). The molecule has 0 spiro atoms. The van der Waals surface area contributed by atoms with Gasteiger partial charge in [0.25, 0.3) is 0 Å². The number of nitrogens with zero attached hydrogens (tertiary/aromatic N) is 1.